The van der Waals surface area contributed by atoms with E-state index in [1.807, 2.05) is 0 Å². The number of carbonyl (C=O) groups is 2. The number of fused-ring (bicyclic) bond motifs is 4. The molecule has 7 fully saturated rings. The normalized spacial score (nSPS) is 50.5. The summed E-state index contributed by atoms with van der Waals surface area (Å²) in [5.74, 6) is 1.78. The van der Waals surface area contributed by atoms with E-state index in [2.05, 4.69) is 53.8 Å². The molecule has 2 heterocycles. The van der Waals surface area contributed by atoms with E-state index in [1.165, 1.54) is 12.8 Å². The van der Waals surface area contributed by atoms with Gasteiger partial charge in [0.2, 0.25) is 0 Å². The zero-order chi connectivity index (χ0) is 31.6. The lowest BCUT2D eigenvalue weighted by molar-refractivity contribution is -0.185. The van der Waals surface area contributed by atoms with E-state index in [9.17, 15) is 14.7 Å². The predicted octanol–water partition coefficient (Wildman–Crippen LogP) is 6.39. The zero-order valence-corrected chi connectivity index (χ0v) is 28.5. The van der Waals surface area contributed by atoms with Gasteiger partial charge in [-0.25, -0.2) is 9.59 Å². The summed E-state index contributed by atoms with van der Waals surface area (Å²) in [5, 5.41) is 15.2. The van der Waals surface area contributed by atoms with Crippen LogP contribution in [0.5, 0.6) is 0 Å². The van der Waals surface area contributed by atoms with Crippen LogP contribution in [-0.4, -0.2) is 72.8 Å². The van der Waals surface area contributed by atoms with Gasteiger partial charge in [-0.2, -0.15) is 0 Å². The molecule has 5 saturated carbocycles. The molecule has 0 aromatic heterocycles. The van der Waals surface area contributed by atoms with Crippen molar-refractivity contribution < 1.29 is 28.9 Å². The summed E-state index contributed by atoms with van der Waals surface area (Å²) in [6.45, 7) is 17.7. The number of aliphatic hydroxyl groups excluding tert-OH is 1. The van der Waals surface area contributed by atoms with Crippen LogP contribution < -0.4 is 5.32 Å². The Morgan fingerprint density at radius 3 is 2.32 bits per heavy atom. The molecule has 5 unspecified atom stereocenters. The maximum atomic E-state index is 12.9. The zero-order valence-electron chi connectivity index (χ0n) is 28.5. The van der Waals surface area contributed by atoms with Gasteiger partial charge in [0.25, 0.3) is 0 Å². The number of hydrogen-bond donors (Lipinski definition) is 2. The quantitative estimate of drug-likeness (QED) is 0.381. The molecule has 0 bridgehead atoms. The third kappa shape index (κ3) is 3.82. The third-order valence-electron chi connectivity index (χ3n) is 15.6. The molecule has 8 heteroatoms. The highest BCUT2D eigenvalue weighted by Gasteiger charge is 2.84. The smallest absolute Gasteiger partial charge is 0.410 e. The maximum Gasteiger partial charge on any atom is 0.410 e. The van der Waals surface area contributed by atoms with E-state index in [0.717, 1.165) is 58.0 Å². The van der Waals surface area contributed by atoms with Crippen LogP contribution in [0.15, 0.2) is 0 Å². The van der Waals surface area contributed by atoms with Crippen LogP contribution in [0, 0.1) is 56.7 Å². The number of ether oxygens (including phenoxy) is 3. The lowest BCUT2D eigenvalue weighted by atomic mass is 9.41. The Morgan fingerprint density at radius 1 is 1.00 bits per heavy atom. The number of hydrogen-bond acceptors (Lipinski definition) is 6. The minimum absolute atomic E-state index is 0.00924. The van der Waals surface area contributed by atoms with Crippen LogP contribution in [0.4, 0.5) is 9.59 Å². The molecule has 5 aliphatic carbocycles. The first-order valence-corrected chi connectivity index (χ1v) is 17.9. The molecule has 2 amide bonds. The Morgan fingerprint density at radius 2 is 1.68 bits per heavy atom. The SMILES string of the molecule is CNC(=O)O[C@H]1CCC23CC24CC[C@]2(C)[C@@H]5C(OC([C@H](OC(=O)N6CCC6)C(C)C)C[C@H]5C)[C@H](O)[C@@]2(C)C4CC[C@H]3C1(C)C. The monoisotopic (exact) mass is 614 g/mol. The molecule has 248 valence electrons. The molecule has 2 spiro atoms. The molecular weight excluding hydrogens is 556 g/mol. The Bertz CT molecular complexity index is 1190. The van der Waals surface area contributed by atoms with Gasteiger partial charge >= 0.3 is 12.2 Å². The van der Waals surface area contributed by atoms with Gasteiger partial charge in [0, 0.05) is 31.0 Å². The molecule has 0 radical (unpaired) electrons. The molecule has 2 aliphatic heterocycles. The van der Waals surface area contributed by atoms with Gasteiger partial charge in [-0.3, -0.25) is 0 Å². The minimum atomic E-state index is -0.543. The maximum absolute atomic E-state index is 12.9. The fourth-order valence-electron chi connectivity index (χ4n) is 13.3. The van der Waals surface area contributed by atoms with Crippen LogP contribution in [0.1, 0.15) is 106 Å². The van der Waals surface area contributed by atoms with Gasteiger partial charge < -0.3 is 29.5 Å². The summed E-state index contributed by atoms with van der Waals surface area (Å²) in [4.78, 5) is 26.9. The molecule has 7 aliphatic rings. The van der Waals surface area contributed by atoms with Gasteiger partial charge in [0.15, 0.2) is 0 Å². The number of amides is 2. The van der Waals surface area contributed by atoms with E-state index in [4.69, 9.17) is 14.2 Å². The van der Waals surface area contributed by atoms with Crippen molar-refractivity contribution in [3.8, 4) is 0 Å². The van der Waals surface area contributed by atoms with E-state index < -0.39 is 6.10 Å². The summed E-state index contributed by atoms with van der Waals surface area (Å²) < 4.78 is 19.1. The van der Waals surface area contributed by atoms with Crippen LogP contribution >= 0.6 is 0 Å². The number of carbonyl (C=O) groups excluding carboxylic acids is 2. The van der Waals surface area contributed by atoms with Crippen LogP contribution in [0.25, 0.3) is 0 Å². The van der Waals surface area contributed by atoms with E-state index in [0.29, 0.717) is 17.8 Å². The minimum Gasteiger partial charge on any atom is -0.446 e. The van der Waals surface area contributed by atoms with Crippen LogP contribution in [0.2, 0.25) is 0 Å². The molecule has 0 aromatic rings. The van der Waals surface area contributed by atoms with Crippen molar-refractivity contribution in [3.05, 3.63) is 0 Å². The van der Waals surface area contributed by atoms with Gasteiger partial charge in [0.1, 0.15) is 12.2 Å². The molecular formula is C36H58N2O6. The molecule has 8 nitrogen and oxygen atoms in total. The molecule has 13 atom stereocenters. The van der Waals surface area contributed by atoms with Crippen LogP contribution in [-0.2, 0) is 14.2 Å². The number of aliphatic hydroxyl groups is 1. The van der Waals surface area contributed by atoms with Crippen molar-refractivity contribution in [1.29, 1.82) is 0 Å². The number of rotatable bonds is 4. The fraction of sp³-hybridized carbons (Fsp3) is 0.944. The molecule has 2 saturated heterocycles. The number of nitrogens with one attached hydrogen (secondary N) is 1. The molecule has 44 heavy (non-hydrogen) atoms. The van der Waals surface area contributed by atoms with E-state index in [-0.39, 0.29) is 75.5 Å². The lowest BCUT2D eigenvalue weighted by Crippen LogP contribution is -2.60. The first kappa shape index (κ1) is 31.1. The molecule has 7 rings (SSSR count). The average Bonchev–Trinajstić information content (AvgIpc) is 3.56. The van der Waals surface area contributed by atoms with E-state index >= 15 is 0 Å². The second-order valence-electron chi connectivity index (χ2n) is 17.6. The Labute approximate surface area is 264 Å². The van der Waals surface area contributed by atoms with Crippen molar-refractivity contribution in [2.75, 3.05) is 20.1 Å². The first-order chi connectivity index (χ1) is 20.7. The summed E-state index contributed by atoms with van der Waals surface area (Å²) in [6.07, 6.45) is 7.88. The largest absolute Gasteiger partial charge is 0.446 e. The fourth-order valence-corrected chi connectivity index (χ4v) is 13.3. The van der Waals surface area contributed by atoms with Crippen molar-refractivity contribution in [2.45, 2.75) is 137 Å². The summed E-state index contributed by atoms with van der Waals surface area (Å²) >= 11 is 0. The number of alkyl carbamates (subject to hydrolysis) is 1. The highest BCUT2D eigenvalue weighted by molar-refractivity contribution is 5.68. The first-order valence-electron chi connectivity index (χ1n) is 17.9. The van der Waals surface area contributed by atoms with E-state index in [1.54, 1.807) is 11.9 Å². The second kappa shape index (κ2) is 9.98. The van der Waals surface area contributed by atoms with Gasteiger partial charge in [-0.05, 0) is 104 Å². The third-order valence-corrected chi connectivity index (χ3v) is 15.6. The Kier molecular flexibility index (Phi) is 7.05. The predicted molar refractivity (Wildman–Crippen MR) is 167 cm³/mol. The summed E-state index contributed by atoms with van der Waals surface area (Å²) in [5.41, 5.74) is 0.212. The number of likely N-dealkylation sites (tertiary alicyclic amines) is 1. The lowest BCUT2D eigenvalue weighted by Gasteiger charge is -2.63. The van der Waals surface area contributed by atoms with Gasteiger partial charge in [-0.15, -0.1) is 0 Å². The topological polar surface area (TPSA) is 97.3 Å². The van der Waals surface area contributed by atoms with Crippen molar-refractivity contribution in [1.82, 2.24) is 10.2 Å². The summed E-state index contributed by atoms with van der Waals surface area (Å²) in [6, 6.07) is 0. The molecule has 2 N–H and O–H groups in total. The Balaban J connectivity index is 1.15. The van der Waals surface area contributed by atoms with Crippen molar-refractivity contribution in [2.24, 2.45) is 56.7 Å². The highest BCUT2D eigenvalue weighted by Crippen LogP contribution is 2.89. The van der Waals surface area contributed by atoms with Crippen molar-refractivity contribution in [3.63, 3.8) is 0 Å². The number of nitrogens with zero attached hydrogens (tertiary/aromatic N) is 1. The van der Waals surface area contributed by atoms with Crippen LogP contribution in [0.3, 0.4) is 0 Å². The van der Waals surface area contributed by atoms with Crippen molar-refractivity contribution >= 4 is 12.2 Å². The molecule has 0 aromatic carbocycles. The average molecular weight is 615 g/mol. The van der Waals surface area contributed by atoms with Gasteiger partial charge in [-0.1, -0.05) is 48.5 Å². The Hall–Kier alpha value is -1.54. The van der Waals surface area contributed by atoms with Gasteiger partial charge in [0.05, 0.1) is 18.3 Å². The highest BCUT2D eigenvalue weighted by atomic mass is 16.6. The second-order valence-corrected chi connectivity index (χ2v) is 17.6. The summed E-state index contributed by atoms with van der Waals surface area (Å²) in [7, 11) is 1.64. The standard InChI is InChI=1S/C36H58N2O6/c1-20(2)27(44-31(41)38-16-9-17-38)22-18-21(3)26-28(42-22)29(39)34(7)24-11-10-23-32(4,5)25(43-30(40)37-8)12-13-35(23)19-36(24,35)15-14-33(26,34)6/h20-29,39H,9-19H2,1-8H3,(H,37,40)/t21-,22?,23+,24?,25+,26+,27-,28?,29+,33-,34-,35?,36?/m1/s1.